The average molecular weight is 330 g/mol. The number of thiophene rings is 1. The van der Waals surface area contributed by atoms with E-state index in [1.165, 1.54) is 10.4 Å². The lowest BCUT2D eigenvalue weighted by atomic mass is 10.1. The van der Waals surface area contributed by atoms with E-state index in [1.54, 1.807) is 0 Å². The van der Waals surface area contributed by atoms with Crippen molar-refractivity contribution in [2.45, 2.75) is 38.9 Å². The summed E-state index contributed by atoms with van der Waals surface area (Å²) < 4.78 is 0. The molecule has 2 atom stereocenters. The molecule has 2 aliphatic heterocycles. The first-order valence-corrected chi connectivity index (χ1v) is 8.31. The summed E-state index contributed by atoms with van der Waals surface area (Å²) in [5, 5.41) is 5.64. The fourth-order valence-corrected chi connectivity index (χ4v) is 4.21. The maximum Gasteiger partial charge on any atom is 0.237 e. The van der Waals surface area contributed by atoms with E-state index >= 15 is 0 Å². The van der Waals surface area contributed by atoms with Crippen LogP contribution in [0, 0.1) is 0 Å². The molecule has 1 N–H and O–H groups in total. The summed E-state index contributed by atoms with van der Waals surface area (Å²) in [4.78, 5) is 18.2. The minimum Gasteiger partial charge on any atom is -0.337 e. The number of halogens is 1. The van der Waals surface area contributed by atoms with Gasteiger partial charge in [-0.05, 0) is 37.3 Å². The second-order valence-corrected chi connectivity index (χ2v) is 7.10. The molecule has 3 rings (SSSR count). The molecule has 0 spiro atoms. The van der Waals surface area contributed by atoms with Crippen molar-refractivity contribution in [3.05, 3.63) is 21.9 Å². The fourth-order valence-electron chi connectivity index (χ4n) is 3.32. The number of hydrogen-bond acceptors (Lipinski definition) is 4. The largest absolute Gasteiger partial charge is 0.337 e. The molecule has 1 aromatic rings. The lowest BCUT2D eigenvalue weighted by molar-refractivity contribution is -0.133. The van der Waals surface area contributed by atoms with Gasteiger partial charge in [0, 0.05) is 43.1 Å². The third-order valence-corrected chi connectivity index (χ3v) is 5.18. The van der Waals surface area contributed by atoms with E-state index in [-0.39, 0.29) is 18.3 Å². The molecule has 2 aliphatic rings. The van der Waals surface area contributed by atoms with Crippen molar-refractivity contribution in [3.63, 3.8) is 0 Å². The van der Waals surface area contributed by atoms with Crippen LogP contribution in [0.4, 0.5) is 0 Å². The number of nitrogens with one attached hydrogen (secondary N) is 1. The lowest BCUT2D eigenvalue weighted by Gasteiger charge is -2.37. The number of carbonyl (C=O) groups is 1. The van der Waals surface area contributed by atoms with Gasteiger partial charge in [0.2, 0.25) is 5.91 Å². The molecule has 21 heavy (non-hydrogen) atoms. The van der Waals surface area contributed by atoms with E-state index in [2.05, 4.69) is 35.5 Å². The summed E-state index contributed by atoms with van der Waals surface area (Å²) in [6.45, 7) is 8.55. The number of fused-ring (bicyclic) bond motifs is 1. The van der Waals surface area contributed by atoms with Gasteiger partial charge < -0.3 is 10.2 Å². The number of piperazine rings is 1. The third kappa shape index (κ3) is 3.97. The smallest absolute Gasteiger partial charge is 0.237 e. The van der Waals surface area contributed by atoms with Crippen molar-refractivity contribution in [1.82, 2.24) is 15.1 Å². The predicted octanol–water partition coefficient (Wildman–Crippen LogP) is 1.74. The molecule has 6 heteroatoms. The summed E-state index contributed by atoms with van der Waals surface area (Å²) in [6, 6.07) is 3.10. The summed E-state index contributed by atoms with van der Waals surface area (Å²) in [6.07, 6.45) is 1.02. The van der Waals surface area contributed by atoms with Crippen LogP contribution in [-0.2, 0) is 17.8 Å². The van der Waals surface area contributed by atoms with E-state index < -0.39 is 0 Å². The Kier molecular flexibility index (Phi) is 5.66. The zero-order valence-corrected chi connectivity index (χ0v) is 14.3. The summed E-state index contributed by atoms with van der Waals surface area (Å²) in [7, 11) is 0. The molecule has 0 aromatic carbocycles. The van der Waals surface area contributed by atoms with Crippen LogP contribution in [-0.4, -0.2) is 54.0 Å². The second kappa shape index (κ2) is 7.09. The zero-order chi connectivity index (χ0) is 14.1. The van der Waals surface area contributed by atoms with Gasteiger partial charge in [-0.15, -0.1) is 23.7 Å². The molecule has 1 saturated heterocycles. The van der Waals surface area contributed by atoms with E-state index in [0.717, 1.165) is 32.6 Å². The molecule has 1 aromatic heterocycles. The van der Waals surface area contributed by atoms with Crippen molar-refractivity contribution in [2.24, 2.45) is 0 Å². The normalized spacial score (nSPS) is 26.1. The van der Waals surface area contributed by atoms with Gasteiger partial charge in [0.15, 0.2) is 0 Å². The first-order valence-electron chi connectivity index (χ1n) is 7.43. The Morgan fingerprint density at radius 1 is 1.38 bits per heavy atom. The number of carbonyl (C=O) groups excluding carboxylic acids is 1. The topological polar surface area (TPSA) is 35.6 Å². The number of rotatable bonds is 2. The van der Waals surface area contributed by atoms with Crippen LogP contribution in [0.1, 0.15) is 24.3 Å². The van der Waals surface area contributed by atoms with Crippen molar-refractivity contribution in [3.8, 4) is 0 Å². The van der Waals surface area contributed by atoms with Gasteiger partial charge in [-0.25, -0.2) is 0 Å². The molecule has 1 amide bonds. The Labute approximate surface area is 136 Å². The van der Waals surface area contributed by atoms with Crippen molar-refractivity contribution < 1.29 is 4.79 Å². The Hall–Kier alpha value is -0.620. The maximum atomic E-state index is 12.5. The SMILES string of the molecule is CC1CN(CC(=O)N2CCc3sccc3C2)CC(C)N1.Cl. The second-order valence-electron chi connectivity index (χ2n) is 6.10. The molecular weight excluding hydrogens is 306 g/mol. The standard InChI is InChI=1S/C15H23N3OS.ClH/c1-11-7-17(8-12(2)16-11)10-15(19)18-5-3-14-13(9-18)4-6-20-14;/h4,6,11-12,16H,3,5,7-10H2,1-2H3;1H. The van der Waals surface area contributed by atoms with Crippen LogP contribution >= 0.6 is 23.7 Å². The quantitative estimate of drug-likeness (QED) is 0.897. The van der Waals surface area contributed by atoms with Gasteiger partial charge in [-0.1, -0.05) is 0 Å². The van der Waals surface area contributed by atoms with Crippen LogP contribution in [0.2, 0.25) is 0 Å². The highest BCUT2D eigenvalue weighted by molar-refractivity contribution is 7.10. The third-order valence-electron chi connectivity index (χ3n) is 4.15. The molecule has 0 bridgehead atoms. The van der Waals surface area contributed by atoms with Gasteiger partial charge in [0.05, 0.1) is 6.54 Å². The highest BCUT2D eigenvalue weighted by Gasteiger charge is 2.26. The van der Waals surface area contributed by atoms with Crippen LogP contribution in [0.15, 0.2) is 11.4 Å². The lowest BCUT2D eigenvalue weighted by Crippen LogP contribution is -2.56. The van der Waals surface area contributed by atoms with Gasteiger partial charge in [0.25, 0.3) is 0 Å². The molecule has 4 nitrogen and oxygen atoms in total. The molecule has 2 unspecified atom stereocenters. The minimum atomic E-state index is 0. The highest BCUT2D eigenvalue weighted by Crippen LogP contribution is 2.24. The summed E-state index contributed by atoms with van der Waals surface area (Å²) >= 11 is 1.82. The van der Waals surface area contributed by atoms with E-state index in [4.69, 9.17) is 0 Å². The summed E-state index contributed by atoms with van der Waals surface area (Å²) in [5.74, 6) is 0.281. The van der Waals surface area contributed by atoms with Crippen LogP contribution in [0.25, 0.3) is 0 Å². The molecule has 118 valence electrons. The van der Waals surface area contributed by atoms with Gasteiger partial charge in [0.1, 0.15) is 0 Å². The highest BCUT2D eigenvalue weighted by atomic mass is 35.5. The zero-order valence-electron chi connectivity index (χ0n) is 12.7. The Bertz CT molecular complexity index is 483. The van der Waals surface area contributed by atoms with Gasteiger partial charge >= 0.3 is 0 Å². The first kappa shape index (κ1) is 16.7. The maximum absolute atomic E-state index is 12.5. The average Bonchev–Trinajstić information content (AvgIpc) is 2.84. The molecule has 0 radical (unpaired) electrons. The molecule has 3 heterocycles. The van der Waals surface area contributed by atoms with Crippen LogP contribution in [0.3, 0.4) is 0 Å². The van der Waals surface area contributed by atoms with E-state index in [0.29, 0.717) is 18.6 Å². The molecule has 0 saturated carbocycles. The van der Waals surface area contributed by atoms with E-state index in [9.17, 15) is 4.79 Å². The first-order chi connectivity index (χ1) is 9.61. The number of amides is 1. The minimum absolute atomic E-state index is 0. The van der Waals surface area contributed by atoms with E-state index in [1.807, 2.05) is 16.2 Å². The Morgan fingerprint density at radius 2 is 2.10 bits per heavy atom. The Morgan fingerprint density at radius 3 is 2.81 bits per heavy atom. The van der Waals surface area contributed by atoms with Crippen LogP contribution in [0.5, 0.6) is 0 Å². The van der Waals surface area contributed by atoms with Gasteiger partial charge in [-0.3, -0.25) is 9.69 Å². The van der Waals surface area contributed by atoms with Gasteiger partial charge in [-0.2, -0.15) is 0 Å². The van der Waals surface area contributed by atoms with Crippen molar-refractivity contribution in [1.29, 1.82) is 0 Å². The fraction of sp³-hybridized carbons (Fsp3) is 0.667. The predicted molar refractivity (Wildman–Crippen MR) is 89.2 cm³/mol. The summed E-state index contributed by atoms with van der Waals surface area (Å²) in [5.41, 5.74) is 1.34. The van der Waals surface area contributed by atoms with Crippen molar-refractivity contribution >= 4 is 29.7 Å². The van der Waals surface area contributed by atoms with Crippen LogP contribution < -0.4 is 5.32 Å². The number of nitrogens with zero attached hydrogens (tertiary/aromatic N) is 2. The molecule has 0 aliphatic carbocycles. The Balaban J connectivity index is 0.00000161. The number of hydrogen-bond donors (Lipinski definition) is 1. The monoisotopic (exact) mass is 329 g/mol. The molecular formula is C15H24ClN3OS. The molecule has 1 fully saturated rings. The van der Waals surface area contributed by atoms with Crippen molar-refractivity contribution in [2.75, 3.05) is 26.2 Å².